The molecule has 0 aliphatic heterocycles. The maximum Gasteiger partial charge on any atom is 0.218 e. The van der Waals surface area contributed by atoms with Crippen LogP contribution in [0.15, 0.2) is 30.3 Å². The van der Waals surface area contributed by atoms with E-state index in [1.54, 1.807) is 0 Å². The molecule has 0 spiro atoms. The monoisotopic (exact) mass is 179 g/mol. The molecule has 0 aliphatic carbocycles. The van der Waals surface area contributed by atoms with Crippen molar-refractivity contribution in [3.8, 4) is 0 Å². The molecule has 0 heterocycles. The van der Waals surface area contributed by atoms with Gasteiger partial charge in [0.2, 0.25) is 5.91 Å². The number of carbonyl (C=O) groups is 1. The van der Waals surface area contributed by atoms with Crippen molar-refractivity contribution in [2.24, 2.45) is 5.73 Å². The Kier molecular flexibility index (Phi) is 3.46. The predicted octanol–water partition coefficient (Wildman–Crippen LogP) is 0.638. The summed E-state index contributed by atoms with van der Waals surface area (Å²) in [4.78, 5) is 10.7. The molecule has 1 aromatic carbocycles. The van der Waals surface area contributed by atoms with Gasteiger partial charge in [-0.3, -0.25) is 4.79 Å². The summed E-state index contributed by atoms with van der Waals surface area (Å²) in [6.07, 6.45) is 0.195. The zero-order valence-corrected chi connectivity index (χ0v) is 7.31. The van der Waals surface area contributed by atoms with Gasteiger partial charge in [0, 0.05) is 12.3 Å². The van der Waals surface area contributed by atoms with Gasteiger partial charge in [-0.25, -0.2) is 0 Å². The number of hydrogen-bond acceptors (Lipinski definition) is 2. The van der Waals surface area contributed by atoms with E-state index in [1.807, 2.05) is 30.3 Å². The molecule has 1 atom stereocenters. The summed E-state index contributed by atoms with van der Waals surface area (Å²) in [5.74, 6) is -0.554. The van der Waals surface area contributed by atoms with Gasteiger partial charge in [-0.15, -0.1) is 0 Å². The van der Waals surface area contributed by atoms with Crippen LogP contribution in [0.2, 0.25) is 0 Å². The van der Waals surface area contributed by atoms with Crippen molar-refractivity contribution in [3.63, 3.8) is 0 Å². The molecule has 0 aliphatic rings. The van der Waals surface area contributed by atoms with Crippen LogP contribution in [0.4, 0.5) is 0 Å². The normalized spacial score (nSPS) is 12.4. The molecule has 0 bridgehead atoms. The molecule has 0 fully saturated rings. The summed E-state index contributed by atoms with van der Waals surface area (Å²) >= 11 is 0. The summed E-state index contributed by atoms with van der Waals surface area (Å²) in [6.45, 7) is -0.0487. The summed E-state index contributed by atoms with van der Waals surface area (Å²) in [6, 6.07) is 9.40. The van der Waals surface area contributed by atoms with E-state index in [-0.39, 0.29) is 24.9 Å². The molecule has 0 radical (unpaired) electrons. The van der Waals surface area contributed by atoms with Gasteiger partial charge in [0.05, 0.1) is 6.61 Å². The van der Waals surface area contributed by atoms with Crippen molar-refractivity contribution in [1.82, 2.24) is 0 Å². The minimum atomic E-state index is -0.386. The highest BCUT2D eigenvalue weighted by Crippen LogP contribution is 2.17. The van der Waals surface area contributed by atoms with E-state index >= 15 is 0 Å². The number of carbonyl (C=O) groups excluding carboxylic acids is 1. The quantitative estimate of drug-likeness (QED) is 0.712. The second-order valence-corrected chi connectivity index (χ2v) is 2.96. The van der Waals surface area contributed by atoms with Crippen molar-refractivity contribution in [2.45, 2.75) is 12.3 Å². The highest BCUT2D eigenvalue weighted by atomic mass is 16.3. The summed E-state index contributed by atoms with van der Waals surface area (Å²) < 4.78 is 0. The first-order chi connectivity index (χ1) is 6.24. The fraction of sp³-hybridized carbons (Fsp3) is 0.300. The third kappa shape index (κ3) is 2.87. The van der Waals surface area contributed by atoms with Crippen LogP contribution >= 0.6 is 0 Å². The molecular formula is C10H13NO2. The van der Waals surface area contributed by atoms with Crippen LogP contribution in [-0.4, -0.2) is 17.6 Å². The summed E-state index contributed by atoms with van der Waals surface area (Å²) in [5.41, 5.74) is 6.00. The Morgan fingerprint density at radius 3 is 2.46 bits per heavy atom. The van der Waals surface area contributed by atoms with Crippen LogP contribution in [0.1, 0.15) is 17.9 Å². The van der Waals surface area contributed by atoms with Crippen LogP contribution in [-0.2, 0) is 4.79 Å². The van der Waals surface area contributed by atoms with E-state index in [1.165, 1.54) is 0 Å². The fourth-order valence-electron chi connectivity index (χ4n) is 1.26. The standard InChI is InChI=1S/C10H13NO2/c11-10(13)6-9(7-12)8-4-2-1-3-5-8/h1-5,9,12H,6-7H2,(H2,11,13)/t9-/m1/s1. The zero-order valence-electron chi connectivity index (χ0n) is 7.31. The van der Waals surface area contributed by atoms with Crippen LogP contribution < -0.4 is 5.73 Å². The summed E-state index contributed by atoms with van der Waals surface area (Å²) in [5, 5.41) is 9.02. The third-order valence-corrected chi connectivity index (χ3v) is 1.94. The smallest absolute Gasteiger partial charge is 0.218 e. The molecule has 0 saturated carbocycles. The first-order valence-electron chi connectivity index (χ1n) is 4.18. The molecule has 1 amide bonds. The van der Waals surface area contributed by atoms with Crippen molar-refractivity contribution < 1.29 is 9.90 Å². The Morgan fingerprint density at radius 2 is 2.00 bits per heavy atom. The largest absolute Gasteiger partial charge is 0.396 e. The van der Waals surface area contributed by atoms with Crippen LogP contribution in [0.3, 0.4) is 0 Å². The van der Waals surface area contributed by atoms with Gasteiger partial charge in [0.15, 0.2) is 0 Å². The van der Waals surface area contributed by atoms with Crippen molar-refractivity contribution in [2.75, 3.05) is 6.61 Å². The van der Waals surface area contributed by atoms with Crippen molar-refractivity contribution >= 4 is 5.91 Å². The van der Waals surface area contributed by atoms with Crippen molar-refractivity contribution in [3.05, 3.63) is 35.9 Å². The van der Waals surface area contributed by atoms with Crippen LogP contribution in [0, 0.1) is 0 Å². The molecule has 0 saturated heterocycles. The van der Waals surface area contributed by atoms with Crippen molar-refractivity contribution in [1.29, 1.82) is 0 Å². The fourth-order valence-corrected chi connectivity index (χ4v) is 1.26. The van der Waals surface area contributed by atoms with Gasteiger partial charge in [0.1, 0.15) is 0 Å². The lowest BCUT2D eigenvalue weighted by Crippen LogP contribution is -2.17. The SMILES string of the molecule is NC(=O)C[C@H](CO)c1ccccc1. The van der Waals surface area contributed by atoms with Gasteiger partial charge in [-0.05, 0) is 5.56 Å². The lowest BCUT2D eigenvalue weighted by molar-refractivity contribution is -0.118. The van der Waals surface area contributed by atoms with Crippen LogP contribution in [0.5, 0.6) is 0 Å². The van der Waals surface area contributed by atoms with E-state index in [0.717, 1.165) is 5.56 Å². The average molecular weight is 179 g/mol. The zero-order chi connectivity index (χ0) is 9.68. The first-order valence-corrected chi connectivity index (χ1v) is 4.18. The molecule has 0 aromatic heterocycles. The second kappa shape index (κ2) is 4.62. The molecular weight excluding hydrogens is 166 g/mol. The van der Waals surface area contributed by atoms with Gasteiger partial charge < -0.3 is 10.8 Å². The third-order valence-electron chi connectivity index (χ3n) is 1.94. The molecule has 3 N–H and O–H groups in total. The number of amides is 1. The number of hydrogen-bond donors (Lipinski definition) is 2. The Labute approximate surface area is 77.2 Å². The molecule has 0 unspecified atom stereocenters. The van der Waals surface area contributed by atoms with Gasteiger partial charge in [0.25, 0.3) is 0 Å². The van der Waals surface area contributed by atoms with E-state index < -0.39 is 0 Å². The lowest BCUT2D eigenvalue weighted by Gasteiger charge is -2.11. The summed E-state index contributed by atoms with van der Waals surface area (Å²) in [7, 11) is 0. The number of nitrogens with two attached hydrogens (primary N) is 1. The van der Waals surface area contributed by atoms with E-state index in [0.29, 0.717) is 0 Å². The van der Waals surface area contributed by atoms with Gasteiger partial charge in [-0.2, -0.15) is 0 Å². The first kappa shape index (κ1) is 9.74. The number of aliphatic hydroxyl groups is 1. The van der Waals surface area contributed by atoms with E-state index in [4.69, 9.17) is 10.8 Å². The van der Waals surface area contributed by atoms with E-state index in [9.17, 15) is 4.79 Å². The molecule has 13 heavy (non-hydrogen) atoms. The van der Waals surface area contributed by atoms with Gasteiger partial charge >= 0.3 is 0 Å². The lowest BCUT2D eigenvalue weighted by atomic mass is 9.96. The highest BCUT2D eigenvalue weighted by Gasteiger charge is 2.12. The molecule has 3 heteroatoms. The Morgan fingerprint density at radius 1 is 1.38 bits per heavy atom. The Bertz CT molecular complexity index is 272. The Hall–Kier alpha value is -1.35. The van der Waals surface area contributed by atoms with Crippen LogP contribution in [0.25, 0.3) is 0 Å². The number of primary amides is 1. The number of benzene rings is 1. The molecule has 1 rings (SSSR count). The number of aliphatic hydroxyl groups excluding tert-OH is 1. The minimum absolute atomic E-state index is 0.0487. The molecule has 70 valence electrons. The second-order valence-electron chi connectivity index (χ2n) is 2.96. The molecule has 1 aromatic rings. The average Bonchev–Trinajstić information content (AvgIpc) is 2.15. The predicted molar refractivity (Wildman–Crippen MR) is 50.1 cm³/mol. The minimum Gasteiger partial charge on any atom is -0.396 e. The topological polar surface area (TPSA) is 63.3 Å². The maximum absolute atomic E-state index is 10.7. The Balaban J connectivity index is 2.73. The van der Waals surface area contributed by atoms with Gasteiger partial charge in [-0.1, -0.05) is 30.3 Å². The highest BCUT2D eigenvalue weighted by molar-refractivity contribution is 5.74. The maximum atomic E-state index is 10.7. The van der Waals surface area contributed by atoms with E-state index in [2.05, 4.69) is 0 Å². The molecule has 3 nitrogen and oxygen atoms in total. The number of rotatable bonds is 4.